The van der Waals surface area contributed by atoms with Gasteiger partial charge in [0.15, 0.2) is 0 Å². The molecule has 0 atom stereocenters. The van der Waals surface area contributed by atoms with E-state index in [2.05, 4.69) is 32.9 Å². The Bertz CT molecular complexity index is 597. The molecule has 0 aliphatic rings. The van der Waals surface area contributed by atoms with E-state index in [0.717, 1.165) is 0 Å². The molecule has 4 nitrogen and oxygen atoms in total. The second kappa shape index (κ2) is 6.70. The first kappa shape index (κ1) is 16.4. The van der Waals surface area contributed by atoms with Gasteiger partial charge >= 0.3 is 5.97 Å². The van der Waals surface area contributed by atoms with Crippen molar-refractivity contribution in [2.75, 3.05) is 0 Å². The van der Waals surface area contributed by atoms with Crippen LogP contribution in [0, 0.1) is 20.8 Å². The third-order valence-electron chi connectivity index (χ3n) is 3.17. The zero-order valence-corrected chi connectivity index (χ0v) is 13.5. The summed E-state index contributed by atoms with van der Waals surface area (Å²) in [5.41, 5.74) is 4.86. The molecule has 20 heavy (non-hydrogen) atoms. The zero-order chi connectivity index (χ0) is 14.0. The van der Waals surface area contributed by atoms with Gasteiger partial charge in [-0.15, -0.1) is 0 Å². The smallest absolute Gasteiger partial charge is 0.307 e. The average molecular weight is 339 g/mol. The highest BCUT2D eigenvalue weighted by Crippen LogP contribution is 2.20. The fourth-order valence-electron chi connectivity index (χ4n) is 2.46. The summed E-state index contributed by atoms with van der Waals surface area (Å²) >= 11 is 0. The van der Waals surface area contributed by atoms with E-state index in [1.807, 2.05) is 27.9 Å². The third kappa shape index (κ3) is 3.70. The van der Waals surface area contributed by atoms with Crippen LogP contribution in [-0.4, -0.2) is 15.6 Å². The van der Waals surface area contributed by atoms with Crippen LogP contribution in [0.3, 0.4) is 0 Å². The van der Waals surface area contributed by atoms with Gasteiger partial charge in [-0.2, -0.15) is 0 Å². The highest BCUT2D eigenvalue weighted by Gasteiger charge is 2.13. The van der Waals surface area contributed by atoms with Crippen LogP contribution in [0.5, 0.6) is 0 Å². The van der Waals surface area contributed by atoms with Crippen LogP contribution < -0.4 is 21.5 Å². The molecule has 1 heterocycles. The Morgan fingerprint density at radius 1 is 1.25 bits per heavy atom. The summed E-state index contributed by atoms with van der Waals surface area (Å²) in [6, 6.07) is 4.31. The number of aliphatic carboxylic acids is 1. The van der Waals surface area contributed by atoms with E-state index in [9.17, 15) is 4.79 Å². The molecule has 0 radical (unpaired) electrons. The minimum atomic E-state index is -0.775. The Hall–Kier alpha value is -1.62. The number of nitrogens with zero attached hydrogens (tertiary/aromatic N) is 2. The summed E-state index contributed by atoms with van der Waals surface area (Å²) < 4.78 is 3.94. The predicted octanol–water partition coefficient (Wildman–Crippen LogP) is -0.831. The number of carboxylic acid groups (broad SMARTS) is 1. The first-order valence-electron chi connectivity index (χ1n) is 6.34. The molecule has 1 N–H and O–H groups in total. The van der Waals surface area contributed by atoms with Crippen LogP contribution in [0.4, 0.5) is 0 Å². The van der Waals surface area contributed by atoms with Crippen molar-refractivity contribution in [2.45, 2.75) is 33.7 Å². The van der Waals surface area contributed by atoms with Crippen LogP contribution in [0.25, 0.3) is 5.69 Å². The number of hydrogen-bond donors (Lipinski definition) is 1. The molecule has 0 aliphatic heterocycles. The molecular weight excluding hydrogens is 320 g/mol. The van der Waals surface area contributed by atoms with Crippen LogP contribution in [0.2, 0.25) is 0 Å². The molecule has 0 amide bonds. The average Bonchev–Trinajstić information content (AvgIpc) is 2.73. The fourth-order valence-corrected chi connectivity index (χ4v) is 2.46. The summed E-state index contributed by atoms with van der Waals surface area (Å²) in [6.45, 7) is 6.77. The minimum absolute atomic E-state index is 0. The van der Waals surface area contributed by atoms with Gasteiger partial charge in [-0.05, 0) is 31.9 Å². The maximum atomic E-state index is 10.6. The summed E-state index contributed by atoms with van der Waals surface area (Å²) in [7, 11) is 0. The number of carboxylic acids is 1. The molecule has 2 rings (SSSR count). The molecule has 0 spiro atoms. The van der Waals surface area contributed by atoms with E-state index in [1.54, 1.807) is 0 Å². The maximum absolute atomic E-state index is 10.6. The topological polar surface area (TPSA) is 46.1 Å². The second-order valence-corrected chi connectivity index (χ2v) is 4.95. The zero-order valence-electron chi connectivity index (χ0n) is 11.9. The van der Waals surface area contributed by atoms with Crippen molar-refractivity contribution in [1.29, 1.82) is 0 Å². The van der Waals surface area contributed by atoms with Crippen LogP contribution in [0.15, 0.2) is 30.9 Å². The number of aromatic nitrogens is 2. The van der Waals surface area contributed by atoms with E-state index < -0.39 is 5.97 Å². The molecule has 0 fully saturated rings. The molecule has 5 heteroatoms. The minimum Gasteiger partial charge on any atom is -1.00 e. The maximum Gasteiger partial charge on any atom is 0.307 e. The Morgan fingerprint density at radius 2 is 1.85 bits per heavy atom. The quantitative estimate of drug-likeness (QED) is 0.739. The lowest BCUT2D eigenvalue weighted by Gasteiger charge is -2.06. The van der Waals surface area contributed by atoms with E-state index in [-0.39, 0.29) is 23.4 Å². The normalized spacial score (nSPS) is 10.2. The predicted molar refractivity (Wildman–Crippen MR) is 72.4 cm³/mol. The molecule has 0 aliphatic carbocycles. The second-order valence-electron chi connectivity index (χ2n) is 4.95. The first-order chi connectivity index (χ1) is 8.97. The van der Waals surface area contributed by atoms with Crippen LogP contribution in [0.1, 0.15) is 23.1 Å². The first-order valence-corrected chi connectivity index (χ1v) is 6.34. The fraction of sp³-hybridized carbons (Fsp3) is 0.333. The molecule has 1 aromatic carbocycles. The van der Waals surface area contributed by atoms with Gasteiger partial charge in [0.1, 0.15) is 24.6 Å². The van der Waals surface area contributed by atoms with Gasteiger partial charge in [-0.25, -0.2) is 9.13 Å². The van der Waals surface area contributed by atoms with Gasteiger partial charge in [0.05, 0.1) is 6.42 Å². The van der Waals surface area contributed by atoms with Crippen molar-refractivity contribution < 1.29 is 31.4 Å². The van der Waals surface area contributed by atoms with E-state index in [0.29, 0.717) is 6.54 Å². The molecule has 0 saturated carbocycles. The van der Waals surface area contributed by atoms with Crippen molar-refractivity contribution in [3.05, 3.63) is 47.5 Å². The van der Waals surface area contributed by atoms with Crippen LogP contribution >= 0.6 is 0 Å². The van der Waals surface area contributed by atoms with Crippen molar-refractivity contribution in [1.82, 2.24) is 4.57 Å². The Labute approximate surface area is 129 Å². The third-order valence-corrected chi connectivity index (χ3v) is 3.17. The molecule has 0 unspecified atom stereocenters. The number of carbonyl (C=O) groups is 1. The molecule has 0 bridgehead atoms. The van der Waals surface area contributed by atoms with Crippen molar-refractivity contribution in [3.63, 3.8) is 0 Å². The number of hydrogen-bond acceptors (Lipinski definition) is 1. The van der Waals surface area contributed by atoms with Crippen LogP contribution in [-0.2, 0) is 11.3 Å². The number of rotatable bonds is 4. The Morgan fingerprint density at radius 3 is 2.40 bits per heavy atom. The summed E-state index contributed by atoms with van der Waals surface area (Å²) in [4.78, 5) is 10.6. The van der Waals surface area contributed by atoms with Gasteiger partial charge in [0.25, 0.3) is 0 Å². The lowest BCUT2D eigenvalue weighted by atomic mass is 10.1. The number of benzene rings is 1. The lowest BCUT2D eigenvalue weighted by molar-refractivity contribution is -0.695. The SMILES string of the molecule is Cc1cc(C)c(-n2cc[n+](CCC(=O)O)c2)c(C)c1.[Br-]. The van der Waals surface area contributed by atoms with Gasteiger partial charge in [0, 0.05) is 0 Å². The van der Waals surface area contributed by atoms with Crippen molar-refractivity contribution in [2.24, 2.45) is 0 Å². The van der Waals surface area contributed by atoms with E-state index in [4.69, 9.17) is 5.11 Å². The lowest BCUT2D eigenvalue weighted by Crippen LogP contribution is -3.00. The van der Waals surface area contributed by atoms with E-state index in [1.165, 1.54) is 22.4 Å². The summed E-state index contributed by atoms with van der Waals surface area (Å²) in [5, 5.41) is 8.70. The standard InChI is InChI=1S/C15H18N2O2.BrH/c1-11-8-12(2)15(13(3)9-11)17-7-6-16(10-17)5-4-14(18)19;/h6-10H,4-5H2,1-3H3;1H. The molecule has 108 valence electrons. The number of halogens is 1. The molecular formula is C15H19BrN2O2. The molecule has 2 aromatic rings. The van der Waals surface area contributed by atoms with Gasteiger partial charge in [-0.1, -0.05) is 17.7 Å². The molecule has 1 aromatic heterocycles. The van der Waals surface area contributed by atoms with Gasteiger partial charge in [0.2, 0.25) is 6.33 Å². The number of imidazole rings is 1. The van der Waals surface area contributed by atoms with Crippen molar-refractivity contribution >= 4 is 5.97 Å². The van der Waals surface area contributed by atoms with Crippen molar-refractivity contribution in [3.8, 4) is 5.69 Å². The van der Waals surface area contributed by atoms with Gasteiger partial charge < -0.3 is 22.1 Å². The molecule has 0 saturated heterocycles. The highest BCUT2D eigenvalue weighted by atomic mass is 79.9. The Balaban J connectivity index is 0.00000200. The highest BCUT2D eigenvalue weighted by molar-refractivity contribution is 5.66. The van der Waals surface area contributed by atoms with Gasteiger partial charge in [-0.3, -0.25) is 4.79 Å². The summed E-state index contributed by atoms with van der Waals surface area (Å²) in [5.74, 6) is -0.775. The van der Waals surface area contributed by atoms with E-state index >= 15 is 0 Å². The largest absolute Gasteiger partial charge is 1.00 e. The Kier molecular flexibility index (Phi) is 5.51. The number of aryl methyl sites for hydroxylation is 4. The summed E-state index contributed by atoms with van der Waals surface area (Å²) in [6.07, 6.45) is 5.95. The monoisotopic (exact) mass is 338 g/mol.